The van der Waals surface area contributed by atoms with E-state index in [1.807, 2.05) is 18.5 Å². The maximum absolute atomic E-state index is 10.1. The molecule has 0 fully saturated rings. The molecule has 0 amide bonds. The zero-order chi connectivity index (χ0) is 13.7. The van der Waals surface area contributed by atoms with Crippen LogP contribution in [0.5, 0.6) is 0 Å². The molecule has 3 nitrogen and oxygen atoms in total. The highest BCUT2D eigenvalue weighted by atomic mass is 35.5. The minimum atomic E-state index is -0.323. The Morgan fingerprint density at radius 1 is 1.28 bits per heavy atom. The average Bonchev–Trinajstić information content (AvgIpc) is 2.63. The van der Waals surface area contributed by atoms with Crippen LogP contribution in [0.3, 0.4) is 0 Å². The molecule has 1 aromatic rings. The number of hydrogen-bond acceptors (Lipinski definition) is 2. The molecule has 0 spiro atoms. The fourth-order valence-electron chi connectivity index (χ4n) is 2.06. The maximum Gasteiger partial charge on any atom is 0.0850 e. The summed E-state index contributed by atoms with van der Waals surface area (Å²) in [4.78, 5) is 0. The normalized spacial score (nSPS) is 13.3. The molecule has 0 saturated heterocycles. The van der Waals surface area contributed by atoms with Gasteiger partial charge in [0, 0.05) is 13.0 Å². The second-order valence-electron chi connectivity index (χ2n) is 5.21. The highest BCUT2D eigenvalue weighted by Gasteiger charge is 2.17. The third kappa shape index (κ3) is 3.99. The first kappa shape index (κ1) is 15.5. The van der Waals surface area contributed by atoms with Gasteiger partial charge in [0.2, 0.25) is 0 Å². The molecule has 1 N–H and O–H groups in total. The second-order valence-corrected chi connectivity index (χ2v) is 5.58. The van der Waals surface area contributed by atoms with Gasteiger partial charge < -0.3 is 5.11 Å². The summed E-state index contributed by atoms with van der Waals surface area (Å²) < 4.78 is 1.92. The van der Waals surface area contributed by atoms with E-state index in [4.69, 9.17) is 11.6 Å². The summed E-state index contributed by atoms with van der Waals surface area (Å²) >= 11 is 6.32. The first-order valence-electron chi connectivity index (χ1n) is 6.91. The summed E-state index contributed by atoms with van der Waals surface area (Å²) in [5.74, 6) is 0.623. The van der Waals surface area contributed by atoms with Crippen molar-refractivity contribution in [3.63, 3.8) is 0 Å². The molecule has 0 aliphatic rings. The Labute approximate surface area is 115 Å². The molecular formula is C14H25ClN2O. The molecule has 104 valence electrons. The van der Waals surface area contributed by atoms with Crippen molar-refractivity contribution in [2.75, 3.05) is 0 Å². The van der Waals surface area contributed by atoms with Gasteiger partial charge in [0.05, 0.1) is 22.5 Å². The summed E-state index contributed by atoms with van der Waals surface area (Å²) in [6.45, 7) is 9.24. The lowest BCUT2D eigenvalue weighted by Crippen LogP contribution is -2.15. The van der Waals surface area contributed by atoms with Gasteiger partial charge in [-0.3, -0.25) is 4.68 Å². The largest absolute Gasteiger partial charge is 0.393 e. The Bertz CT molecular complexity index is 374. The molecule has 1 aromatic heterocycles. The summed E-state index contributed by atoms with van der Waals surface area (Å²) in [7, 11) is 0. The SMILES string of the molecule is CCc1nn(CC)c(CC(O)CCC(C)C)c1Cl. The Balaban J connectivity index is 2.73. The number of nitrogens with zero attached hydrogens (tertiary/aromatic N) is 2. The van der Waals surface area contributed by atoms with Crippen LogP contribution in [0.4, 0.5) is 0 Å². The number of hydrogen-bond donors (Lipinski definition) is 1. The van der Waals surface area contributed by atoms with Crippen LogP contribution < -0.4 is 0 Å². The van der Waals surface area contributed by atoms with E-state index in [-0.39, 0.29) is 6.10 Å². The van der Waals surface area contributed by atoms with Crippen molar-refractivity contribution in [2.45, 2.75) is 66.0 Å². The minimum absolute atomic E-state index is 0.323. The quantitative estimate of drug-likeness (QED) is 0.825. The Morgan fingerprint density at radius 3 is 2.44 bits per heavy atom. The fourth-order valence-corrected chi connectivity index (χ4v) is 2.41. The first-order chi connectivity index (χ1) is 8.49. The Morgan fingerprint density at radius 2 is 1.94 bits per heavy atom. The van der Waals surface area contributed by atoms with E-state index in [9.17, 15) is 5.11 Å². The van der Waals surface area contributed by atoms with Crippen molar-refractivity contribution in [1.82, 2.24) is 9.78 Å². The average molecular weight is 273 g/mol. The molecule has 0 aromatic carbocycles. The lowest BCUT2D eigenvalue weighted by molar-refractivity contribution is 0.154. The third-order valence-electron chi connectivity index (χ3n) is 3.20. The summed E-state index contributed by atoms with van der Waals surface area (Å²) in [6.07, 6.45) is 2.98. The van der Waals surface area contributed by atoms with Gasteiger partial charge in [-0.2, -0.15) is 5.10 Å². The second kappa shape index (κ2) is 7.15. The van der Waals surface area contributed by atoms with Crippen molar-refractivity contribution >= 4 is 11.6 Å². The van der Waals surface area contributed by atoms with Crippen molar-refractivity contribution in [2.24, 2.45) is 5.92 Å². The van der Waals surface area contributed by atoms with Gasteiger partial charge in [-0.05, 0) is 32.1 Å². The van der Waals surface area contributed by atoms with Crippen LogP contribution in [0, 0.1) is 5.92 Å². The number of aliphatic hydroxyl groups is 1. The number of rotatable bonds is 7. The summed E-state index contributed by atoms with van der Waals surface area (Å²) in [5.41, 5.74) is 1.91. The van der Waals surface area contributed by atoms with Crippen molar-refractivity contribution in [1.29, 1.82) is 0 Å². The zero-order valence-corrected chi connectivity index (χ0v) is 12.7. The van der Waals surface area contributed by atoms with Gasteiger partial charge in [-0.25, -0.2) is 0 Å². The van der Waals surface area contributed by atoms with Gasteiger partial charge in [-0.1, -0.05) is 32.4 Å². The van der Waals surface area contributed by atoms with Crippen molar-refractivity contribution in [3.05, 3.63) is 16.4 Å². The maximum atomic E-state index is 10.1. The van der Waals surface area contributed by atoms with Crippen LogP contribution >= 0.6 is 11.6 Å². The predicted octanol–water partition coefficient (Wildman–Crippen LogP) is 3.46. The number of aliphatic hydroxyl groups excluding tert-OH is 1. The monoisotopic (exact) mass is 272 g/mol. The topological polar surface area (TPSA) is 38.0 Å². The minimum Gasteiger partial charge on any atom is -0.393 e. The van der Waals surface area contributed by atoms with Crippen molar-refractivity contribution in [3.8, 4) is 0 Å². The van der Waals surface area contributed by atoms with E-state index < -0.39 is 0 Å². The number of aromatic nitrogens is 2. The molecule has 0 bridgehead atoms. The zero-order valence-electron chi connectivity index (χ0n) is 11.9. The van der Waals surface area contributed by atoms with Crippen LogP contribution in [-0.4, -0.2) is 21.0 Å². The predicted molar refractivity (Wildman–Crippen MR) is 76.1 cm³/mol. The lowest BCUT2D eigenvalue weighted by Gasteiger charge is -2.13. The molecule has 18 heavy (non-hydrogen) atoms. The van der Waals surface area contributed by atoms with Crippen LogP contribution in [0.2, 0.25) is 5.02 Å². The van der Waals surface area contributed by atoms with Crippen LogP contribution in [0.1, 0.15) is 51.9 Å². The van der Waals surface area contributed by atoms with E-state index in [1.54, 1.807) is 0 Å². The molecular weight excluding hydrogens is 248 g/mol. The highest BCUT2D eigenvalue weighted by molar-refractivity contribution is 6.31. The van der Waals surface area contributed by atoms with Gasteiger partial charge in [0.15, 0.2) is 0 Å². The van der Waals surface area contributed by atoms with Gasteiger partial charge in [0.1, 0.15) is 0 Å². The van der Waals surface area contributed by atoms with Crippen LogP contribution in [0.15, 0.2) is 0 Å². The molecule has 4 heteroatoms. The lowest BCUT2D eigenvalue weighted by atomic mass is 10.0. The molecule has 0 aliphatic heterocycles. The molecule has 1 heterocycles. The number of halogens is 1. The van der Waals surface area contributed by atoms with E-state index in [0.29, 0.717) is 12.3 Å². The molecule has 0 radical (unpaired) electrons. The van der Waals surface area contributed by atoms with Gasteiger partial charge >= 0.3 is 0 Å². The third-order valence-corrected chi connectivity index (χ3v) is 3.64. The summed E-state index contributed by atoms with van der Waals surface area (Å²) in [5, 5.41) is 15.3. The van der Waals surface area contributed by atoms with E-state index in [2.05, 4.69) is 18.9 Å². The van der Waals surface area contributed by atoms with E-state index in [1.165, 1.54) is 0 Å². The Hall–Kier alpha value is -0.540. The van der Waals surface area contributed by atoms with Gasteiger partial charge in [-0.15, -0.1) is 0 Å². The van der Waals surface area contributed by atoms with E-state index >= 15 is 0 Å². The van der Waals surface area contributed by atoms with Gasteiger partial charge in [0.25, 0.3) is 0 Å². The molecule has 0 aliphatic carbocycles. The molecule has 0 saturated carbocycles. The first-order valence-corrected chi connectivity index (χ1v) is 7.29. The van der Waals surface area contributed by atoms with Crippen molar-refractivity contribution < 1.29 is 5.11 Å². The molecule has 1 atom stereocenters. The Kier molecular flexibility index (Phi) is 6.16. The van der Waals surface area contributed by atoms with Crippen LogP contribution in [-0.2, 0) is 19.4 Å². The van der Waals surface area contributed by atoms with Crippen LogP contribution in [0.25, 0.3) is 0 Å². The molecule has 1 rings (SSSR count). The molecule has 1 unspecified atom stereocenters. The smallest absolute Gasteiger partial charge is 0.0850 e. The highest BCUT2D eigenvalue weighted by Crippen LogP contribution is 2.24. The standard InChI is InChI=1S/C14H25ClN2O/c1-5-12-14(15)13(17(6-2)16-12)9-11(18)8-7-10(3)4/h10-11,18H,5-9H2,1-4H3. The number of aryl methyl sites for hydroxylation is 2. The fraction of sp³-hybridized carbons (Fsp3) is 0.786. The summed E-state index contributed by atoms with van der Waals surface area (Å²) in [6, 6.07) is 0. The van der Waals surface area contributed by atoms with E-state index in [0.717, 1.165) is 42.2 Å².